The minimum atomic E-state index is -0.214. The quantitative estimate of drug-likeness (QED) is 0.682. The monoisotopic (exact) mass is 461 g/mol. The van der Waals surface area contributed by atoms with Crippen LogP contribution < -0.4 is 10.1 Å². The standard InChI is InChI=1S/C16H14BrFINO/c1-20-15(12-3-2-11(18)8-14(12)19)13-7-10(17)6-9-4-5-21-16(9)13/h2-3,6-8,15,20H,4-5H2,1H3. The van der Waals surface area contributed by atoms with E-state index in [4.69, 9.17) is 4.74 Å². The molecule has 2 aromatic rings. The summed E-state index contributed by atoms with van der Waals surface area (Å²) < 4.78 is 21.1. The van der Waals surface area contributed by atoms with Crippen LogP contribution in [0.15, 0.2) is 34.8 Å². The predicted octanol–water partition coefficient (Wildman–Crippen LogP) is 4.44. The molecule has 2 aromatic carbocycles. The zero-order valence-electron chi connectivity index (χ0n) is 11.4. The summed E-state index contributed by atoms with van der Waals surface area (Å²) in [5, 5.41) is 3.32. The van der Waals surface area contributed by atoms with Gasteiger partial charge in [0.05, 0.1) is 12.6 Å². The maximum absolute atomic E-state index is 13.3. The fourth-order valence-electron chi connectivity index (χ4n) is 2.73. The Bertz CT molecular complexity index is 692. The largest absolute Gasteiger partial charge is 0.493 e. The Labute approximate surface area is 145 Å². The van der Waals surface area contributed by atoms with Gasteiger partial charge in [-0.3, -0.25) is 0 Å². The Morgan fingerprint density at radius 1 is 1.29 bits per heavy atom. The SMILES string of the molecule is CNC(c1ccc(F)cc1I)c1cc(Br)cc2c1OCC2. The fourth-order valence-corrected chi connectivity index (χ4v) is 4.04. The average molecular weight is 462 g/mol. The summed E-state index contributed by atoms with van der Waals surface area (Å²) in [7, 11) is 1.91. The second-order valence-corrected chi connectivity index (χ2v) is 7.05. The highest BCUT2D eigenvalue weighted by Crippen LogP contribution is 2.39. The molecule has 1 aliphatic heterocycles. The van der Waals surface area contributed by atoms with Crippen LogP contribution in [-0.2, 0) is 6.42 Å². The summed E-state index contributed by atoms with van der Waals surface area (Å²) in [6, 6.07) is 9.04. The Morgan fingerprint density at radius 3 is 2.81 bits per heavy atom. The third kappa shape index (κ3) is 2.96. The number of nitrogens with one attached hydrogen (secondary N) is 1. The molecule has 0 saturated carbocycles. The number of fused-ring (bicyclic) bond motifs is 1. The van der Waals surface area contributed by atoms with E-state index >= 15 is 0 Å². The molecule has 0 saturated heterocycles. The average Bonchev–Trinajstić information content (AvgIpc) is 2.89. The third-order valence-corrected chi connectivity index (χ3v) is 5.04. The highest BCUT2D eigenvalue weighted by atomic mass is 127. The molecule has 0 aromatic heterocycles. The summed E-state index contributed by atoms with van der Waals surface area (Å²) in [6.45, 7) is 0.718. The first-order valence-electron chi connectivity index (χ1n) is 6.67. The Hall–Kier alpha value is -0.660. The van der Waals surface area contributed by atoms with Crippen LogP contribution in [0.1, 0.15) is 22.7 Å². The molecule has 1 N–H and O–H groups in total. The van der Waals surface area contributed by atoms with Gasteiger partial charge in [0.25, 0.3) is 0 Å². The summed E-state index contributed by atoms with van der Waals surface area (Å²) in [6.07, 6.45) is 0.929. The minimum Gasteiger partial charge on any atom is -0.493 e. The lowest BCUT2D eigenvalue weighted by molar-refractivity contribution is 0.351. The number of benzene rings is 2. The van der Waals surface area contributed by atoms with Crippen LogP contribution in [0, 0.1) is 9.39 Å². The van der Waals surface area contributed by atoms with E-state index in [1.165, 1.54) is 11.6 Å². The molecular formula is C16H14BrFINO. The smallest absolute Gasteiger partial charge is 0.127 e. The molecule has 0 amide bonds. The van der Waals surface area contributed by atoms with Gasteiger partial charge in [0.1, 0.15) is 11.6 Å². The first-order chi connectivity index (χ1) is 10.1. The highest BCUT2D eigenvalue weighted by molar-refractivity contribution is 14.1. The lowest BCUT2D eigenvalue weighted by atomic mass is 9.96. The number of halogens is 3. The van der Waals surface area contributed by atoms with Crippen molar-refractivity contribution in [2.75, 3.05) is 13.7 Å². The van der Waals surface area contributed by atoms with Crippen molar-refractivity contribution in [1.29, 1.82) is 0 Å². The Balaban J connectivity index is 2.13. The molecule has 1 aliphatic rings. The molecule has 21 heavy (non-hydrogen) atoms. The van der Waals surface area contributed by atoms with E-state index in [2.05, 4.69) is 56.0 Å². The molecule has 1 unspecified atom stereocenters. The van der Waals surface area contributed by atoms with Crippen molar-refractivity contribution >= 4 is 38.5 Å². The molecule has 0 spiro atoms. The maximum atomic E-state index is 13.3. The van der Waals surface area contributed by atoms with Gasteiger partial charge in [0.15, 0.2) is 0 Å². The van der Waals surface area contributed by atoms with E-state index in [1.54, 1.807) is 6.07 Å². The first-order valence-corrected chi connectivity index (χ1v) is 8.54. The molecule has 0 aliphatic carbocycles. The molecule has 110 valence electrons. The Morgan fingerprint density at radius 2 is 2.10 bits per heavy atom. The van der Waals surface area contributed by atoms with Gasteiger partial charge in [0, 0.05) is 20.0 Å². The molecule has 0 fully saturated rings. The highest BCUT2D eigenvalue weighted by Gasteiger charge is 2.24. The van der Waals surface area contributed by atoms with Crippen LogP contribution in [0.5, 0.6) is 5.75 Å². The second-order valence-electron chi connectivity index (χ2n) is 4.97. The minimum absolute atomic E-state index is 0.0261. The Kier molecular flexibility index (Phi) is 4.51. The van der Waals surface area contributed by atoms with Crippen molar-refractivity contribution in [2.45, 2.75) is 12.5 Å². The van der Waals surface area contributed by atoms with Crippen LogP contribution in [-0.4, -0.2) is 13.7 Å². The molecule has 1 heterocycles. The van der Waals surface area contributed by atoms with Crippen LogP contribution in [0.2, 0.25) is 0 Å². The summed E-state index contributed by atoms with van der Waals surface area (Å²) in [4.78, 5) is 0. The van der Waals surface area contributed by atoms with Crippen molar-refractivity contribution in [3.63, 3.8) is 0 Å². The predicted molar refractivity (Wildman–Crippen MR) is 93.4 cm³/mol. The van der Waals surface area contributed by atoms with Gasteiger partial charge in [0.2, 0.25) is 0 Å². The second kappa shape index (κ2) is 6.22. The first kappa shape index (κ1) is 15.2. The van der Waals surface area contributed by atoms with E-state index < -0.39 is 0 Å². The number of ether oxygens (including phenoxy) is 1. The van der Waals surface area contributed by atoms with Crippen molar-refractivity contribution in [1.82, 2.24) is 5.32 Å². The molecule has 2 nitrogen and oxygen atoms in total. The number of hydrogen-bond acceptors (Lipinski definition) is 2. The zero-order chi connectivity index (χ0) is 15.0. The van der Waals surface area contributed by atoms with Crippen molar-refractivity contribution in [3.05, 3.63) is 60.9 Å². The normalized spacial score (nSPS) is 14.7. The van der Waals surface area contributed by atoms with Crippen LogP contribution in [0.25, 0.3) is 0 Å². The van der Waals surface area contributed by atoms with Crippen LogP contribution >= 0.6 is 38.5 Å². The maximum Gasteiger partial charge on any atom is 0.127 e. The van der Waals surface area contributed by atoms with E-state index in [1.807, 2.05) is 13.1 Å². The van der Waals surface area contributed by atoms with Gasteiger partial charge < -0.3 is 10.1 Å². The van der Waals surface area contributed by atoms with E-state index in [0.29, 0.717) is 0 Å². The topological polar surface area (TPSA) is 21.3 Å². The molecule has 3 rings (SSSR count). The molecule has 0 bridgehead atoms. The zero-order valence-corrected chi connectivity index (χ0v) is 15.2. The summed E-state index contributed by atoms with van der Waals surface area (Å²) in [5.74, 6) is 0.742. The molecule has 1 atom stereocenters. The van der Waals surface area contributed by atoms with Crippen molar-refractivity contribution < 1.29 is 9.13 Å². The van der Waals surface area contributed by atoms with E-state index in [-0.39, 0.29) is 11.9 Å². The lowest BCUT2D eigenvalue weighted by Gasteiger charge is -2.21. The molecular weight excluding hydrogens is 448 g/mol. The van der Waals surface area contributed by atoms with Crippen LogP contribution in [0.4, 0.5) is 4.39 Å². The van der Waals surface area contributed by atoms with Gasteiger partial charge in [-0.25, -0.2) is 4.39 Å². The fraction of sp³-hybridized carbons (Fsp3) is 0.250. The number of rotatable bonds is 3. The van der Waals surface area contributed by atoms with E-state index in [0.717, 1.165) is 37.9 Å². The van der Waals surface area contributed by atoms with Gasteiger partial charge in [-0.05, 0) is 65.0 Å². The van der Waals surface area contributed by atoms with Gasteiger partial charge in [-0.1, -0.05) is 22.0 Å². The lowest BCUT2D eigenvalue weighted by Crippen LogP contribution is -2.19. The van der Waals surface area contributed by atoms with Gasteiger partial charge in [-0.2, -0.15) is 0 Å². The summed E-state index contributed by atoms with van der Waals surface area (Å²) >= 11 is 5.75. The van der Waals surface area contributed by atoms with Crippen molar-refractivity contribution in [2.24, 2.45) is 0 Å². The van der Waals surface area contributed by atoms with Gasteiger partial charge in [-0.15, -0.1) is 0 Å². The molecule has 0 radical (unpaired) electrons. The third-order valence-electron chi connectivity index (χ3n) is 3.65. The van der Waals surface area contributed by atoms with Crippen LogP contribution in [0.3, 0.4) is 0 Å². The number of hydrogen-bond donors (Lipinski definition) is 1. The van der Waals surface area contributed by atoms with Gasteiger partial charge >= 0.3 is 0 Å². The molecule has 5 heteroatoms. The van der Waals surface area contributed by atoms with Crippen molar-refractivity contribution in [3.8, 4) is 5.75 Å². The van der Waals surface area contributed by atoms with E-state index in [9.17, 15) is 4.39 Å². The summed E-state index contributed by atoms with van der Waals surface area (Å²) in [5.41, 5.74) is 3.36.